The Balaban J connectivity index is 1.95. The SMILES string of the molecule is O=C(O)CNC(=O)CN(C(=O)c1ccccc1C(=O)O)C1CCc2ccccc21. The van der Waals surface area contributed by atoms with Gasteiger partial charge in [0, 0.05) is 0 Å². The average Bonchev–Trinajstić information content (AvgIpc) is 3.14. The Hall–Kier alpha value is -3.68. The molecular weight excluding hydrogens is 376 g/mol. The molecule has 0 saturated carbocycles. The largest absolute Gasteiger partial charge is 0.480 e. The van der Waals surface area contributed by atoms with Gasteiger partial charge in [-0.2, -0.15) is 0 Å². The number of aliphatic carboxylic acids is 1. The zero-order valence-electron chi connectivity index (χ0n) is 15.5. The van der Waals surface area contributed by atoms with E-state index in [2.05, 4.69) is 5.32 Å². The van der Waals surface area contributed by atoms with Crippen molar-refractivity contribution >= 4 is 23.8 Å². The Morgan fingerprint density at radius 1 is 0.966 bits per heavy atom. The molecule has 0 aromatic heterocycles. The van der Waals surface area contributed by atoms with Crippen LogP contribution >= 0.6 is 0 Å². The van der Waals surface area contributed by atoms with Crippen molar-refractivity contribution in [1.82, 2.24) is 10.2 Å². The number of amides is 2. The third-order valence-electron chi connectivity index (χ3n) is 4.88. The maximum atomic E-state index is 13.3. The minimum atomic E-state index is -1.24. The van der Waals surface area contributed by atoms with Gasteiger partial charge in [-0.05, 0) is 36.1 Å². The molecule has 0 spiro atoms. The monoisotopic (exact) mass is 396 g/mol. The van der Waals surface area contributed by atoms with E-state index >= 15 is 0 Å². The van der Waals surface area contributed by atoms with E-state index in [1.165, 1.54) is 23.1 Å². The van der Waals surface area contributed by atoms with Gasteiger partial charge in [-0.3, -0.25) is 14.4 Å². The maximum Gasteiger partial charge on any atom is 0.336 e. The van der Waals surface area contributed by atoms with Gasteiger partial charge in [0.15, 0.2) is 0 Å². The number of hydrogen-bond acceptors (Lipinski definition) is 4. The van der Waals surface area contributed by atoms with E-state index < -0.39 is 36.3 Å². The fraction of sp³-hybridized carbons (Fsp3) is 0.238. The number of carbonyl (C=O) groups is 4. The Morgan fingerprint density at radius 2 is 1.62 bits per heavy atom. The highest BCUT2D eigenvalue weighted by Crippen LogP contribution is 2.36. The topological polar surface area (TPSA) is 124 Å². The minimum absolute atomic E-state index is 0.0181. The molecule has 2 aromatic carbocycles. The molecule has 0 heterocycles. The molecular formula is C21H20N2O6. The molecule has 0 radical (unpaired) electrons. The number of carboxylic acids is 2. The van der Waals surface area contributed by atoms with Gasteiger partial charge in [0.2, 0.25) is 5.91 Å². The fourth-order valence-corrected chi connectivity index (χ4v) is 3.58. The van der Waals surface area contributed by atoms with E-state index in [-0.39, 0.29) is 17.7 Å². The maximum absolute atomic E-state index is 13.3. The summed E-state index contributed by atoms with van der Waals surface area (Å²) in [7, 11) is 0. The number of benzene rings is 2. The lowest BCUT2D eigenvalue weighted by atomic mass is 10.0. The van der Waals surface area contributed by atoms with Gasteiger partial charge in [-0.1, -0.05) is 36.4 Å². The number of carbonyl (C=O) groups excluding carboxylic acids is 2. The molecule has 0 fully saturated rings. The molecule has 2 aromatic rings. The van der Waals surface area contributed by atoms with E-state index in [0.717, 1.165) is 17.5 Å². The quantitative estimate of drug-likeness (QED) is 0.655. The average molecular weight is 396 g/mol. The smallest absolute Gasteiger partial charge is 0.336 e. The highest BCUT2D eigenvalue weighted by molar-refractivity contribution is 6.05. The predicted molar refractivity (Wildman–Crippen MR) is 103 cm³/mol. The summed E-state index contributed by atoms with van der Waals surface area (Å²) >= 11 is 0. The number of carboxylic acid groups (broad SMARTS) is 2. The van der Waals surface area contributed by atoms with Crippen LogP contribution in [-0.2, 0) is 16.0 Å². The van der Waals surface area contributed by atoms with E-state index in [9.17, 15) is 24.3 Å². The minimum Gasteiger partial charge on any atom is -0.480 e. The molecule has 0 bridgehead atoms. The van der Waals surface area contributed by atoms with Crippen LogP contribution in [0.2, 0.25) is 0 Å². The zero-order valence-corrected chi connectivity index (χ0v) is 15.5. The van der Waals surface area contributed by atoms with Crippen molar-refractivity contribution in [1.29, 1.82) is 0 Å². The molecule has 150 valence electrons. The summed E-state index contributed by atoms with van der Waals surface area (Å²) in [6.07, 6.45) is 1.31. The Kier molecular flexibility index (Phi) is 5.92. The van der Waals surface area contributed by atoms with Gasteiger partial charge < -0.3 is 20.4 Å². The number of nitrogens with zero attached hydrogens (tertiary/aromatic N) is 1. The summed E-state index contributed by atoms with van der Waals surface area (Å²) in [4.78, 5) is 49.2. The molecule has 1 atom stereocenters. The predicted octanol–water partition coefficient (Wildman–Crippen LogP) is 1.72. The molecule has 3 rings (SSSR count). The van der Waals surface area contributed by atoms with Crippen molar-refractivity contribution in [3.63, 3.8) is 0 Å². The van der Waals surface area contributed by atoms with Crippen molar-refractivity contribution in [2.24, 2.45) is 0 Å². The van der Waals surface area contributed by atoms with E-state index in [1.807, 2.05) is 24.3 Å². The lowest BCUT2D eigenvalue weighted by Gasteiger charge is -2.30. The number of rotatable bonds is 7. The van der Waals surface area contributed by atoms with E-state index in [0.29, 0.717) is 6.42 Å². The molecule has 1 aliphatic rings. The lowest BCUT2D eigenvalue weighted by Crippen LogP contribution is -2.43. The van der Waals surface area contributed by atoms with Gasteiger partial charge in [0.05, 0.1) is 17.2 Å². The summed E-state index contributed by atoms with van der Waals surface area (Å²) in [5.41, 5.74) is 1.79. The van der Waals surface area contributed by atoms with Crippen molar-refractivity contribution in [3.8, 4) is 0 Å². The first-order valence-corrected chi connectivity index (χ1v) is 9.08. The van der Waals surface area contributed by atoms with Crippen LogP contribution in [-0.4, -0.2) is 52.0 Å². The number of aryl methyl sites for hydroxylation is 1. The van der Waals surface area contributed by atoms with Crippen molar-refractivity contribution in [3.05, 3.63) is 70.8 Å². The Labute approximate surface area is 166 Å². The number of hydrogen-bond donors (Lipinski definition) is 3. The molecule has 8 nitrogen and oxygen atoms in total. The summed E-state index contributed by atoms with van der Waals surface area (Å²) in [5.74, 6) is -3.65. The molecule has 1 aliphatic carbocycles. The van der Waals surface area contributed by atoms with Crippen LogP contribution in [0, 0.1) is 0 Å². The first kappa shape index (κ1) is 20.1. The summed E-state index contributed by atoms with van der Waals surface area (Å²) in [5, 5.41) is 20.4. The highest BCUT2D eigenvalue weighted by Gasteiger charge is 2.34. The van der Waals surface area contributed by atoms with Crippen molar-refractivity contribution < 1.29 is 29.4 Å². The third kappa shape index (κ3) is 4.43. The van der Waals surface area contributed by atoms with Crippen molar-refractivity contribution in [2.45, 2.75) is 18.9 Å². The first-order valence-electron chi connectivity index (χ1n) is 9.08. The third-order valence-corrected chi connectivity index (χ3v) is 4.88. The Morgan fingerprint density at radius 3 is 2.31 bits per heavy atom. The van der Waals surface area contributed by atoms with Crippen LogP contribution < -0.4 is 5.32 Å². The molecule has 29 heavy (non-hydrogen) atoms. The van der Waals surface area contributed by atoms with Gasteiger partial charge >= 0.3 is 11.9 Å². The number of fused-ring (bicyclic) bond motifs is 1. The van der Waals surface area contributed by atoms with Gasteiger partial charge in [0.1, 0.15) is 13.1 Å². The summed E-state index contributed by atoms with van der Waals surface area (Å²) in [6, 6.07) is 13.0. The summed E-state index contributed by atoms with van der Waals surface area (Å²) in [6.45, 7) is -0.938. The first-order chi connectivity index (χ1) is 13.9. The molecule has 0 aliphatic heterocycles. The van der Waals surface area contributed by atoms with Crippen LogP contribution in [0.25, 0.3) is 0 Å². The van der Waals surface area contributed by atoms with E-state index in [1.54, 1.807) is 6.07 Å². The second-order valence-corrected chi connectivity index (χ2v) is 6.71. The normalized spacial score (nSPS) is 14.7. The van der Waals surface area contributed by atoms with Crippen LogP contribution in [0.3, 0.4) is 0 Å². The summed E-state index contributed by atoms with van der Waals surface area (Å²) < 4.78 is 0. The van der Waals surface area contributed by atoms with Crippen molar-refractivity contribution in [2.75, 3.05) is 13.1 Å². The number of aromatic carboxylic acids is 1. The van der Waals surface area contributed by atoms with Gasteiger partial charge in [-0.25, -0.2) is 4.79 Å². The highest BCUT2D eigenvalue weighted by atomic mass is 16.4. The fourth-order valence-electron chi connectivity index (χ4n) is 3.58. The molecule has 0 saturated heterocycles. The van der Waals surface area contributed by atoms with Crippen LogP contribution in [0.1, 0.15) is 44.3 Å². The van der Waals surface area contributed by atoms with Gasteiger partial charge in [-0.15, -0.1) is 0 Å². The molecule has 8 heteroatoms. The second-order valence-electron chi connectivity index (χ2n) is 6.71. The Bertz CT molecular complexity index is 971. The van der Waals surface area contributed by atoms with Gasteiger partial charge in [0.25, 0.3) is 5.91 Å². The standard InChI is InChI=1S/C21H20N2O6/c24-18(22-11-19(25)26)12-23(17-10-9-13-5-1-2-6-14(13)17)20(27)15-7-3-4-8-16(15)21(28)29/h1-8,17H,9-12H2,(H,22,24)(H,25,26)(H,28,29). The molecule has 1 unspecified atom stereocenters. The zero-order chi connectivity index (χ0) is 21.0. The van der Waals surface area contributed by atoms with E-state index in [4.69, 9.17) is 5.11 Å². The molecule has 2 amide bonds. The second kappa shape index (κ2) is 8.55. The lowest BCUT2D eigenvalue weighted by molar-refractivity contribution is -0.138. The van der Waals surface area contributed by atoms with Crippen LogP contribution in [0.5, 0.6) is 0 Å². The van der Waals surface area contributed by atoms with Crippen LogP contribution in [0.4, 0.5) is 0 Å². The molecule has 3 N–H and O–H groups in total. The van der Waals surface area contributed by atoms with Crippen LogP contribution in [0.15, 0.2) is 48.5 Å². The number of nitrogens with one attached hydrogen (secondary N) is 1.